The quantitative estimate of drug-likeness (QED) is 0.822. The predicted molar refractivity (Wildman–Crippen MR) is 72.7 cm³/mol. The first-order chi connectivity index (χ1) is 8.78. The van der Waals surface area contributed by atoms with Crippen LogP contribution in [0.1, 0.15) is 62.6 Å². The van der Waals surface area contributed by atoms with Crippen LogP contribution in [0.15, 0.2) is 12.4 Å². The van der Waals surface area contributed by atoms with Crippen molar-refractivity contribution >= 4 is 0 Å². The van der Waals surface area contributed by atoms with Crippen LogP contribution < -0.4 is 0 Å². The summed E-state index contributed by atoms with van der Waals surface area (Å²) in [6.45, 7) is 6.44. The average molecular weight is 246 g/mol. The van der Waals surface area contributed by atoms with Crippen molar-refractivity contribution in [2.24, 2.45) is 0 Å². The van der Waals surface area contributed by atoms with E-state index in [1.165, 1.54) is 11.4 Å². The number of aromatic amines is 2. The summed E-state index contributed by atoms with van der Waals surface area (Å²) < 4.78 is 0. The van der Waals surface area contributed by atoms with E-state index in [0.717, 1.165) is 37.3 Å². The molecular weight excluding hydrogens is 224 g/mol. The number of hydrogen-bond donors (Lipinski definition) is 2. The second-order valence-corrected chi connectivity index (χ2v) is 4.62. The summed E-state index contributed by atoms with van der Waals surface area (Å²) in [6.07, 6.45) is 8.07. The van der Waals surface area contributed by atoms with Crippen LogP contribution in [-0.4, -0.2) is 19.9 Å². The van der Waals surface area contributed by atoms with Gasteiger partial charge in [0.25, 0.3) is 0 Å². The first-order valence-electron chi connectivity index (χ1n) is 6.85. The Morgan fingerprint density at radius 1 is 0.944 bits per heavy atom. The maximum absolute atomic E-state index is 4.40. The van der Waals surface area contributed by atoms with Crippen molar-refractivity contribution in [3.8, 4) is 0 Å². The van der Waals surface area contributed by atoms with Crippen LogP contribution in [0.5, 0.6) is 0 Å². The number of aromatic nitrogens is 4. The molecule has 0 amide bonds. The minimum absolute atomic E-state index is 0.357. The second kappa shape index (κ2) is 5.85. The zero-order chi connectivity index (χ0) is 13.0. The molecule has 2 aromatic heterocycles. The van der Waals surface area contributed by atoms with E-state index >= 15 is 0 Å². The van der Waals surface area contributed by atoms with Gasteiger partial charge in [0.05, 0.1) is 0 Å². The van der Waals surface area contributed by atoms with Crippen molar-refractivity contribution in [2.75, 3.05) is 0 Å². The van der Waals surface area contributed by atoms with Crippen LogP contribution >= 0.6 is 0 Å². The Balaban J connectivity index is 2.26. The summed E-state index contributed by atoms with van der Waals surface area (Å²) in [6, 6.07) is 0. The molecule has 0 saturated carbocycles. The van der Waals surface area contributed by atoms with Crippen LogP contribution in [0.25, 0.3) is 0 Å². The van der Waals surface area contributed by atoms with E-state index in [2.05, 4.69) is 40.7 Å². The molecule has 2 N–H and O–H groups in total. The van der Waals surface area contributed by atoms with E-state index in [4.69, 9.17) is 0 Å². The number of nitrogens with one attached hydrogen (secondary N) is 2. The highest BCUT2D eigenvalue weighted by Gasteiger charge is 2.17. The van der Waals surface area contributed by atoms with E-state index in [1.807, 2.05) is 12.4 Å². The maximum atomic E-state index is 4.40. The summed E-state index contributed by atoms with van der Waals surface area (Å²) in [5.74, 6) is 2.47. The Kier molecular flexibility index (Phi) is 4.18. The molecule has 2 aromatic rings. The molecule has 0 aliphatic rings. The lowest BCUT2D eigenvalue weighted by Gasteiger charge is -2.12. The molecule has 98 valence electrons. The monoisotopic (exact) mass is 246 g/mol. The molecule has 18 heavy (non-hydrogen) atoms. The zero-order valence-electron chi connectivity index (χ0n) is 11.5. The van der Waals surface area contributed by atoms with Gasteiger partial charge in [0.15, 0.2) is 0 Å². The lowest BCUT2D eigenvalue weighted by atomic mass is 9.97. The number of aryl methyl sites for hydroxylation is 2. The van der Waals surface area contributed by atoms with Crippen LogP contribution in [-0.2, 0) is 12.8 Å². The van der Waals surface area contributed by atoms with Crippen molar-refractivity contribution in [3.63, 3.8) is 0 Å². The highest BCUT2D eigenvalue weighted by molar-refractivity contribution is 5.21. The molecule has 4 heteroatoms. The molecule has 0 saturated heterocycles. The van der Waals surface area contributed by atoms with Crippen molar-refractivity contribution in [3.05, 3.63) is 35.4 Å². The summed E-state index contributed by atoms with van der Waals surface area (Å²) in [7, 11) is 0. The van der Waals surface area contributed by atoms with Gasteiger partial charge >= 0.3 is 0 Å². The van der Waals surface area contributed by atoms with Crippen LogP contribution in [0.3, 0.4) is 0 Å². The fourth-order valence-electron chi connectivity index (χ4n) is 2.24. The molecule has 2 heterocycles. The minimum Gasteiger partial charge on any atom is -0.345 e. The molecule has 0 spiro atoms. The van der Waals surface area contributed by atoms with Crippen LogP contribution in [0.4, 0.5) is 0 Å². The SMILES string of the molecule is CCCC(c1cnc(CC)[nH]1)c1cnc(CC)[nH]1. The number of imidazole rings is 2. The largest absolute Gasteiger partial charge is 0.345 e. The molecule has 0 aliphatic heterocycles. The van der Waals surface area contributed by atoms with Gasteiger partial charge in [0.1, 0.15) is 11.6 Å². The lowest BCUT2D eigenvalue weighted by Crippen LogP contribution is -2.02. The summed E-state index contributed by atoms with van der Waals surface area (Å²) in [5, 5.41) is 0. The van der Waals surface area contributed by atoms with Crippen LogP contribution in [0.2, 0.25) is 0 Å². The second-order valence-electron chi connectivity index (χ2n) is 4.62. The van der Waals surface area contributed by atoms with Gasteiger partial charge in [-0.1, -0.05) is 27.2 Å². The summed E-state index contributed by atoms with van der Waals surface area (Å²) in [5.41, 5.74) is 2.39. The summed E-state index contributed by atoms with van der Waals surface area (Å²) >= 11 is 0. The fraction of sp³-hybridized carbons (Fsp3) is 0.571. The predicted octanol–water partition coefficient (Wildman–Crippen LogP) is 3.19. The topological polar surface area (TPSA) is 57.4 Å². The highest BCUT2D eigenvalue weighted by atomic mass is 14.9. The normalized spacial score (nSPS) is 11.3. The molecule has 0 aliphatic carbocycles. The smallest absolute Gasteiger partial charge is 0.105 e. The minimum atomic E-state index is 0.357. The molecule has 0 fully saturated rings. The Morgan fingerprint density at radius 2 is 1.44 bits per heavy atom. The molecule has 4 nitrogen and oxygen atoms in total. The Hall–Kier alpha value is -1.58. The van der Waals surface area contributed by atoms with E-state index in [-0.39, 0.29) is 0 Å². The molecular formula is C14H22N4. The van der Waals surface area contributed by atoms with Gasteiger partial charge < -0.3 is 9.97 Å². The third-order valence-electron chi connectivity index (χ3n) is 3.29. The molecule has 0 aromatic carbocycles. The van der Waals surface area contributed by atoms with Gasteiger partial charge in [-0.05, 0) is 6.42 Å². The van der Waals surface area contributed by atoms with E-state index in [1.54, 1.807) is 0 Å². The van der Waals surface area contributed by atoms with Gasteiger partial charge in [-0.15, -0.1) is 0 Å². The number of nitrogens with zero attached hydrogens (tertiary/aromatic N) is 2. The first kappa shape index (κ1) is 12.9. The van der Waals surface area contributed by atoms with Crippen molar-refractivity contribution in [1.82, 2.24) is 19.9 Å². The van der Waals surface area contributed by atoms with Gasteiger partial charge in [0.2, 0.25) is 0 Å². The van der Waals surface area contributed by atoms with Crippen molar-refractivity contribution < 1.29 is 0 Å². The first-order valence-corrected chi connectivity index (χ1v) is 6.85. The van der Waals surface area contributed by atoms with Gasteiger partial charge in [-0.3, -0.25) is 0 Å². The fourth-order valence-corrected chi connectivity index (χ4v) is 2.24. The van der Waals surface area contributed by atoms with Gasteiger partial charge in [-0.25, -0.2) is 9.97 Å². The molecule has 0 unspecified atom stereocenters. The number of hydrogen-bond acceptors (Lipinski definition) is 2. The standard InChI is InChI=1S/C14H22N4/c1-4-7-10(11-8-15-13(5-2)17-11)12-9-16-14(6-3)18-12/h8-10H,4-7H2,1-3H3,(H,15,17)(H,16,18). The molecule has 0 radical (unpaired) electrons. The van der Waals surface area contributed by atoms with Gasteiger partial charge in [0, 0.05) is 42.5 Å². The molecule has 2 rings (SSSR count). The van der Waals surface area contributed by atoms with Crippen molar-refractivity contribution in [1.29, 1.82) is 0 Å². The number of rotatable bonds is 6. The average Bonchev–Trinajstić information content (AvgIpc) is 3.04. The number of H-pyrrole nitrogens is 2. The maximum Gasteiger partial charge on any atom is 0.105 e. The van der Waals surface area contributed by atoms with E-state index in [0.29, 0.717) is 5.92 Å². The van der Waals surface area contributed by atoms with Gasteiger partial charge in [-0.2, -0.15) is 0 Å². The zero-order valence-corrected chi connectivity index (χ0v) is 11.5. The molecule has 0 bridgehead atoms. The van der Waals surface area contributed by atoms with E-state index in [9.17, 15) is 0 Å². The highest BCUT2D eigenvalue weighted by Crippen LogP contribution is 2.26. The Bertz CT molecular complexity index is 441. The molecule has 0 atom stereocenters. The Labute approximate surface area is 108 Å². The van der Waals surface area contributed by atoms with Crippen LogP contribution in [0, 0.1) is 0 Å². The third-order valence-corrected chi connectivity index (χ3v) is 3.29. The van der Waals surface area contributed by atoms with E-state index < -0.39 is 0 Å². The van der Waals surface area contributed by atoms with Crippen molar-refractivity contribution in [2.45, 2.75) is 52.4 Å². The third kappa shape index (κ3) is 2.63. The summed E-state index contributed by atoms with van der Waals surface area (Å²) in [4.78, 5) is 15.6. The lowest BCUT2D eigenvalue weighted by molar-refractivity contribution is 0.666. The Morgan fingerprint density at radius 3 is 1.78 bits per heavy atom.